The van der Waals surface area contributed by atoms with Gasteiger partial charge in [-0.05, 0) is 25.7 Å². The highest BCUT2D eigenvalue weighted by molar-refractivity contribution is 5.88. The molecule has 0 amide bonds. The Kier molecular flexibility index (Phi) is 2.62. The van der Waals surface area contributed by atoms with Crippen molar-refractivity contribution in [2.75, 3.05) is 5.73 Å². The number of rotatable bonds is 2. The zero-order valence-corrected chi connectivity index (χ0v) is 8.77. The summed E-state index contributed by atoms with van der Waals surface area (Å²) in [5.74, 6) is 0.0180. The number of carbonyl (C=O) groups is 1. The molecular formula is C10H15N3O2. The summed E-state index contributed by atoms with van der Waals surface area (Å²) in [5, 5.41) is 3.90. The Bertz CT molecular complexity index is 367. The molecule has 0 bridgehead atoms. The lowest BCUT2D eigenvalue weighted by Crippen LogP contribution is -2.17. The molecular weight excluding hydrogens is 194 g/mol. The van der Waals surface area contributed by atoms with Gasteiger partial charge in [-0.1, -0.05) is 0 Å². The Labute approximate surface area is 88.2 Å². The SMILES string of the molecule is Cn1nc(N)cc1C(=O)OC1CCCC1. The van der Waals surface area contributed by atoms with E-state index in [1.165, 1.54) is 10.7 Å². The molecule has 1 aromatic heterocycles. The van der Waals surface area contributed by atoms with Gasteiger partial charge >= 0.3 is 5.97 Å². The van der Waals surface area contributed by atoms with E-state index in [2.05, 4.69) is 5.10 Å². The fourth-order valence-electron chi connectivity index (χ4n) is 1.90. The molecule has 0 unspecified atom stereocenters. The van der Waals surface area contributed by atoms with Crippen LogP contribution in [0, 0.1) is 0 Å². The van der Waals surface area contributed by atoms with Crippen LogP contribution in [0.25, 0.3) is 0 Å². The Morgan fingerprint density at radius 1 is 1.60 bits per heavy atom. The first-order valence-corrected chi connectivity index (χ1v) is 5.17. The molecule has 1 aliphatic rings. The molecule has 1 saturated carbocycles. The van der Waals surface area contributed by atoms with Crippen LogP contribution in [-0.2, 0) is 11.8 Å². The lowest BCUT2D eigenvalue weighted by molar-refractivity contribution is 0.0305. The van der Waals surface area contributed by atoms with E-state index in [0.29, 0.717) is 11.5 Å². The van der Waals surface area contributed by atoms with Gasteiger partial charge in [-0.2, -0.15) is 5.10 Å². The molecule has 0 spiro atoms. The standard InChI is InChI=1S/C10H15N3O2/c1-13-8(6-9(11)12-13)10(14)15-7-4-2-3-5-7/h6-7H,2-5H2,1H3,(H2,11,12). The van der Waals surface area contributed by atoms with Gasteiger partial charge in [0.15, 0.2) is 0 Å². The highest BCUT2D eigenvalue weighted by Gasteiger charge is 2.22. The predicted octanol–water partition coefficient (Wildman–Crippen LogP) is 1.10. The second-order valence-electron chi connectivity index (χ2n) is 3.89. The first-order valence-electron chi connectivity index (χ1n) is 5.17. The molecule has 1 aromatic rings. The van der Waals surface area contributed by atoms with Gasteiger partial charge in [0.2, 0.25) is 0 Å². The first-order chi connectivity index (χ1) is 7.16. The quantitative estimate of drug-likeness (QED) is 0.740. The molecule has 0 saturated heterocycles. The van der Waals surface area contributed by atoms with E-state index >= 15 is 0 Å². The lowest BCUT2D eigenvalue weighted by atomic mass is 10.3. The Morgan fingerprint density at radius 2 is 2.27 bits per heavy atom. The maximum atomic E-state index is 11.7. The zero-order valence-electron chi connectivity index (χ0n) is 8.77. The minimum atomic E-state index is -0.325. The Morgan fingerprint density at radius 3 is 2.80 bits per heavy atom. The number of nitrogens with two attached hydrogens (primary N) is 1. The van der Waals surface area contributed by atoms with Gasteiger partial charge in [-0.15, -0.1) is 0 Å². The third-order valence-corrected chi connectivity index (χ3v) is 2.68. The topological polar surface area (TPSA) is 70.1 Å². The molecule has 5 heteroatoms. The molecule has 1 heterocycles. The minimum Gasteiger partial charge on any atom is -0.458 e. The number of aromatic nitrogens is 2. The monoisotopic (exact) mass is 209 g/mol. The van der Waals surface area contributed by atoms with Gasteiger partial charge < -0.3 is 10.5 Å². The third-order valence-electron chi connectivity index (χ3n) is 2.68. The van der Waals surface area contributed by atoms with Crippen LogP contribution in [0.2, 0.25) is 0 Å². The van der Waals surface area contributed by atoms with Gasteiger partial charge in [0.05, 0.1) is 0 Å². The number of ether oxygens (including phenoxy) is 1. The summed E-state index contributed by atoms with van der Waals surface area (Å²) < 4.78 is 6.79. The molecule has 0 radical (unpaired) electrons. The zero-order chi connectivity index (χ0) is 10.8. The largest absolute Gasteiger partial charge is 0.458 e. The maximum absolute atomic E-state index is 11.7. The van der Waals surface area contributed by atoms with Crippen molar-refractivity contribution in [2.24, 2.45) is 7.05 Å². The summed E-state index contributed by atoms with van der Waals surface area (Å²) in [5.41, 5.74) is 5.90. The van der Waals surface area contributed by atoms with Crippen LogP contribution in [0.15, 0.2) is 6.07 Å². The molecule has 0 aliphatic heterocycles. The van der Waals surface area contributed by atoms with Crippen molar-refractivity contribution in [1.82, 2.24) is 9.78 Å². The normalized spacial score (nSPS) is 16.9. The van der Waals surface area contributed by atoms with E-state index in [0.717, 1.165) is 25.7 Å². The van der Waals surface area contributed by atoms with E-state index in [1.54, 1.807) is 7.05 Å². The van der Waals surface area contributed by atoms with Crippen LogP contribution in [0.1, 0.15) is 36.2 Å². The van der Waals surface area contributed by atoms with E-state index in [1.807, 2.05) is 0 Å². The first kappa shape index (κ1) is 10.0. The molecule has 5 nitrogen and oxygen atoms in total. The highest BCUT2D eigenvalue weighted by Crippen LogP contribution is 2.22. The predicted molar refractivity (Wildman–Crippen MR) is 55.3 cm³/mol. The Balaban J connectivity index is 2.03. The number of nitrogen functional groups attached to an aromatic ring is 1. The summed E-state index contributed by atoms with van der Waals surface area (Å²) in [6.07, 6.45) is 4.31. The molecule has 0 aromatic carbocycles. The number of aryl methyl sites for hydroxylation is 1. The third kappa shape index (κ3) is 2.11. The fourth-order valence-corrected chi connectivity index (χ4v) is 1.90. The molecule has 1 aliphatic carbocycles. The maximum Gasteiger partial charge on any atom is 0.356 e. The van der Waals surface area contributed by atoms with E-state index in [9.17, 15) is 4.79 Å². The van der Waals surface area contributed by atoms with Crippen LogP contribution >= 0.6 is 0 Å². The molecule has 1 fully saturated rings. The van der Waals surface area contributed by atoms with Gasteiger partial charge in [-0.25, -0.2) is 4.79 Å². The van der Waals surface area contributed by atoms with Crippen molar-refractivity contribution in [3.63, 3.8) is 0 Å². The van der Waals surface area contributed by atoms with E-state index < -0.39 is 0 Å². The smallest absolute Gasteiger partial charge is 0.356 e. The summed E-state index contributed by atoms with van der Waals surface area (Å²) in [7, 11) is 1.68. The van der Waals surface area contributed by atoms with E-state index in [4.69, 9.17) is 10.5 Å². The van der Waals surface area contributed by atoms with Crippen molar-refractivity contribution in [3.8, 4) is 0 Å². The van der Waals surface area contributed by atoms with Crippen molar-refractivity contribution >= 4 is 11.8 Å². The summed E-state index contributed by atoms with van der Waals surface area (Å²) in [4.78, 5) is 11.7. The summed E-state index contributed by atoms with van der Waals surface area (Å²) in [6.45, 7) is 0. The van der Waals surface area contributed by atoms with Crippen LogP contribution in [0.3, 0.4) is 0 Å². The average molecular weight is 209 g/mol. The number of carbonyl (C=O) groups excluding carboxylic acids is 1. The minimum absolute atomic E-state index is 0.0774. The van der Waals surface area contributed by atoms with Crippen molar-refractivity contribution in [1.29, 1.82) is 0 Å². The molecule has 15 heavy (non-hydrogen) atoms. The van der Waals surface area contributed by atoms with Crippen LogP contribution < -0.4 is 5.73 Å². The number of hydrogen-bond acceptors (Lipinski definition) is 4. The van der Waals surface area contributed by atoms with Crippen molar-refractivity contribution in [2.45, 2.75) is 31.8 Å². The second kappa shape index (κ2) is 3.92. The van der Waals surface area contributed by atoms with Crippen LogP contribution in [0.4, 0.5) is 5.82 Å². The molecule has 2 N–H and O–H groups in total. The molecule has 2 rings (SSSR count). The van der Waals surface area contributed by atoms with Crippen LogP contribution in [0.5, 0.6) is 0 Å². The van der Waals surface area contributed by atoms with Gasteiger partial charge in [0.25, 0.3) is 0 Å². The summed E-state index contributed by atoms with van der Waals surface area (Å²) >= 11 is 0. The van der Waals surface area contributed by atoms with Gasteiger partial charge in [0, 0.05) is 13.1 Å². The summed E-state index contributed by atoms with van der Waals surface area (Å²) in [6, 6.07) is 1.54. The Hall–Kier alpha value is -1.52. The number of hydrogen-bond donors (Lipinski definition) is 1. The van der Waals surface area contributed by atoms with Gasteiger partial charge in [-0.3, -0.25) is 4.68 Å². The highest BCUT2D eigenvalue weighted by atomic mass is 16.5. The van der Waals surface area contributed by atoms with Crippen molar-refractivity contribution in [3.05, 3.63) is 11.8 Å². The molecule has 0 atom stereocenters. The number of esters is 1. The van der Waals surface area contributed by atoms with Crippen LogP contribution in [-0.4, -0.2) is 21.9 Å². The second-order valence-corrected chi connectivity index (χ2v) is 3.89. The number of nitrogens with zero attached hydrogens (tertiary/aromatic N) is 2. The fraction of sp³-hybridized carbons (Fsp3) is 0.600. The average Bonchev–Trinajstić information content (AvgIpc) is 2.75. The van der Waals surface area contributed by atoms with E-state index in [-0.39, 0.29) is 12.1 Å². The van der Waals surface area contributed by atoms with Gasteiger partial charge in [0.1, 0.15) is 17.6 Å². The lowest BCUT2D eigenvalue weighted by Gasteiger charge is -2.10. The number of anilines is 1. The molecule has 82 valence electrons. The van der Waals surface area contributed by atoms with Crippen molar-refractivity contribution < 1.29 is 9.53 Å².